The van der Waals surface area contributed by atoms with Crippen molar-refractivity contribution in [2.24, 2.45) is 5.41 Å². The molecule has 1 saturated heterocycles. The molecule has 1 N–H and O–H groups in total. The van der Waals surface area contributed by atoms with E-state index in [0.717, 1.165) is 5.25 Å². The molecule has 2 heteroatoms. The fourth-order valence-electron chi connectivity index (χ4n) is 2.79. The third kappa shape index (κ3) is 1.52. The molecule has 0 bridgehead atoms. The van der Waals surface area contributed by atoms with Crippen LogP contribution < -0.4 is 5.32 Å². The molecule has 2 unspecified atom stereocenters. The molecule has 0 aromatic rings. The fourth-order valence-corrected chi connectivity index (χ4v) is 4.58. The molecule has 76 valence electrons. The van der Waals surface area contributed by atoms with Crippen LogP contribution >= 0.6 is 11.8 Å². The Morgan fingerprint density at radius 2 is 2.08 bits per heavy atom. The van der Waals surface area contributed by atoms with Crippen LogP contribution in [0.2, 0.25) is 0 Å². The Balaban J connectivity index is 2.18. The molecule has 0 aromatic heterocycles. The number of rotatable bonds is 0. The normalized spacial score (nSPS) is 44.1. The van der Waals surface area contributed by atoms with Crippen molar-refractivity contribution in [3.05, 3.63) is 0 Å². The van der Waals surface area contributed by atoms with Gasteiger partial charge in [0.1, 0.15) is 0 Å². The van der Waals surface area contributed by atoms with Crippen LogP contribution in [-0.2, 0) is 0 Å². The molecular formula is C11H21NS. The molecule has 2 atom stereocenters. The lowest BCUT2D eigenvalue weighted by molar-refractivity contribution is 0.243. The van der Waals surface area contributed by atoms with E-state index in [4.69, 9.17) is 0 Å². The minimum absolute atomic E-state index is 0.407. The lowest BCUT2D eigenvalue weighted by Gasteiger charge is -2.46. The Morgan fingerprint density at radius 1 is 1.31 bits per heavy atom. The van der Waals surface area contributed by atoms with E-state index in [-0.39, 0.29) is 0 Å². The summed E-state index contributed by atoms with van der Waals surface area (Å²) in [5.41, 5.74) is 0.492. The average molecular weight is 199 g/mol. The molecule has 1 aliphatic heterocycles. The van der Waals surface area contributed by atoms with E-state index in [2.05, 4.69) is 37.8 Å². The zero-order chi connectivity index (χ0) is 9.53. The summed E-state index contributed by atoms with van der Waals surface area (Å²) in [6.07, 6.45) is 5.50. The molecule has 0 radical (unpaired) electrons. The lowest BCUT2D eigenvalue weighted by Crippen LogP contribution is -2.54. The van der Waals surface area contributed by atoms with Crippen molar-refractivity contribution in [3.63, 3.8) is 0 Å². The van der Waals surface area contributed by atoms with Crippen LogP contribution in [-0.4, -0.2) is 16.7 Å². The van der Waals surface area contributed by atoms with Crippen LogP contribution in [0.15, 0.2) is 0 Å². The summed E-state index contributed by atoms with van der Waals surface area (Å²) in [6, 6.07) is 0. The second kappa shape index (κ2) is 3.16. The maximum Gasteiger partial charge on any atom is 0.0699 e. The Kier molecular flexibility index (Phi) is 2.40. The summed E-state index contributed by atoms with van der Waals surface area (Å²) >= 11 is 2.19. The summed E-state index contributed by atoms with van der Waals surface area (Å²) in [5, 5.41) is 4.62. The molecule has 2 aliphatic rings. The first-order chi connectivity index (χ1) is 6.06. The van der Waals surface area contributed by atoms with Crippen LogP contribution in [0.1, 0.15) is 46.5 Å². The minimum Gasteiger partial charge on any atom is -0.302 e. The average Bonchev–Trinajstić information content (AvgIpc) is 2.27. The van der Waals surface area contributed by atoms with Gasteiger partial charge in [-0.2, -0.15) is 0 Å². The second-order valence-electron chi connectivity index (χ2n) is 5.21. The van der Waals surface area contributed by atoms with E-state index in [1.807, 2.05) is 0 Å². The molecule has 1 aliphatic carbocycles. The highest BCUT2D eigenvalue weighted by Crippen LogP contribution is 2.54. The number of nitrogens with one attached hydrogen (secondary N) is 1. The molecular weight excluding hydrogens is 178 g/mol. The van der Waals surface area contributed by atoms with Crippen LogP contribution in [0, 0.1) is 5.41 Å². The Hall–Kier alpha value is 0.310. The first kappa shape index (κ1) is 9.85. The molecule has 0 aromatic carbocycles. The minimum atomic E-state index is 0.407. The standard InChI is InChI=1S/C11H21NS/c1-9-5-8-12-11(13-9)7-4-6-10(11,2)3/h9,12H,4-8H2,1-3H3. The quantitative estimate of drug-likeness (QED) is 0.643. The van der Waals surface area contributed by atoms with Crippen LogP contribution in [0.25, 0.3) is 0 Å². The zero-order valence-electron chi connectivity index (χ0n) is 9.02. The monoisotopic (exact) mass is 199 g/mol. The zero-order valence-corrected chi connectivity index (χ0v) is 9.84. The summed E-state index contributed by atoms with van der Waals surface area (Å²) in [5.74, 6) is 0. The van der Waals surface area contributed by atoms with Gasteiger partial charge in [-0.05, 0) is 31.2 Å². The van der Waals surface area contributed by atoms with Crippen molar-refractivity contribution in [1.82, 2.24) is 5.32 Å². The molecule has 1 saturated carbocycles. The van der Waals surface area contributed by atoms with Crippen molar-refractivity contribution >= 4 is 11.8 Å². The molecule has 1 nitrogen and oxygen atoms in total. The maximum atomic E-state index is 3.78. The Labute approximate surface area is 86.0 Å². The van der Waals surface area contributed by atoms with Crippen molar-refractivity contribution in [3.8, 4) is 0 Å². The van der Waals surface area contributed by atoms with Gasteiger partial charge in [0.05, 0.1) is 4.87 Å². The molecule has 2 rings (SSSR count). The van der Waals surface area contributed by atoms with Crippen LogP contribution in [0.3, 0.4) is 0 Å². The Morgan fingerprint density at radius 3 is 2.62 bits per heavy atom. The predicted octanol–water partition coefficient (Wildman–Crippen LogP) is 3.01. The van der Waals surface area contributed by atoms with E-state index < -0.39 is 0 Å². The molecule has 0 amide bonds. The Bertz CT molecular complexity index is 202. The van der Waals surface area contributed by atoms with Crippen molar-refractivity contribution in [1.29, 1.82) is 0 Å². The highest BCUT2D eigenvalue weighted by atomic mass is 32.2. The summed E-state index contributed by atoms with van der Waals surface area (Å²) in [7, 11) is 0. The lowest BCUT2D eigenvalue weighted by atomic mass is 9.86. The summed E-state index contributed by atoms with van der Waals surface area (Å²) in [4.78, 5) is 0.407. The van der Waals surface area contributed by atoms with Gasteiger partial charge in [-0.1, -0.05) is 27.2 Å². The van der Waals surface area contributed by atoms with E-state index in [9.17, 15) is 0 Å². The summed E-state index contributed by atoms with van der Waals surface area (Å²) < 4.78 is 0. The van der Waals surface area contributed by atoms with Crippen LogP contribution in [0.5, 0.6) is 0 Å². The van der Waals surface area contributed by atoms with E-state index in [1.54, 1.807) is 0 Å². The van der Waals surface area contributed by atoms with Gasteiger partial charge in [0.2, 0.25) is 0 Å². The maximum absolute atomic E-state index is 3.78. The van der Waals surface area contributed by atoms with Gasteiger partial charge in [0, 0.05) is 5.25 Å². The third-order valence-electron chi connectivity index (χ3n) is 3.79. The van der Waals surface area contributed by atoms with Crippen molar-refractivity contribution in [2.75, 3.05) is 6.54 Å². The number of thioether (sulfide) groups is 1. The first-order valence-corrected chi connectivity index (χ1v) is 6.37. The topological polar surface area (TPSA) is 12.0 Å². The van der Waals surface area contributed by atoms with Gasteiger partial charge in [-0.25, -0.2) is 0 Å². The molecule has 1 spiro atoms. The second-order valence-corrected chi connectivity index (χ2v) is 6.95. The van der Waals surface area contributed by atoms with Crippen LogP contribution in [0.4, 0.5) is 0 Å². The largest absolute Gasteiger partial charge is 0.302 e. The highest BCUT2D eigenvalue weighted by molar-refractivity contribution is 8.01. The van der Waals surface area contributed by atoms with Gasteiger partial charge in [-0.3, -0.25) is 0 Å². The highest BCUT2D eigenvalue weighted by Gasteiger charge is 2.50. The molecule has 13 heavy (non-hydrogen) atoms. The van der Waals surface area contributed by atoms with Crippen molar-refractivity contribution in [2.45, 2.75) is 56.6 Å². The molecule has 1 heterocycles. The van der Waals surface area contributed by atoms with Gasteiger partial charge in [-0.15, -0.1) is 11.8 Å². The van der Waals surface area contributed by atoms with E-state index in [0.29, 0.717) is 10.3 Å². The number of hydrogen-bond donors (Lipinski definition) is 1. The van der Waals surface area contributed by atoms with E-state index in [1.165, 1.54) is 32.2 Å². The summed E-state index contributed by atoms with van der Waals surface area (Å²) in [6.45, 7) is 8.45. The van der Waals surface area contributed by atoms with Gasteiger partial charge >= 0.3 is 0 Å². The van der Waals surface area contributed by atoms with Crippen molar-refractivity contribution < 1.29 is 0 Å². The van der Waals surface area contributed by atoms with Gasteiger partial charge in [0.25, 0.3) is 0 Å². The SMILES string of the molecule is CC1CCNC2(CCCC2(C)C)S1. The first-order valence-electron chi connectivity index (χ1n) is 5.49. The third-order valence-corrected chi connectivity index (χ3v) is 5.73. The predicted molar refractivity (Wildman–Crippen MR) is 60.0 cm³/mol. The fraction of sp³-hybridized carbons (Fsp3) is 1.00. The molecule has 2 fully saturated rings. The number of hydrogen-bond acceptors (Lipinski definition) is 2. The van der Waals surface area contributed by atoms with Gasteiger partial charge in [0.15, 0.2) is 0 Å². The van der Waals surface area contributed by atoms with Gasteiger partial charge < -0.3 is 5.32 Å². The smallest absolute Gasteiger partial charge is 0.0699 e. The van der Waals surface area contributed by atoms with E-state index >= 15 is 0 Å².